The van der Waals surface area contributed by atoms with E-state index in [2.05, 4.69) is 4.18 Å². The molecule has 26 heavy (non-hydrogen) atoms. The summed E-state index contributed by atoms with van der Waals surface area (Å²) in [6.07, 6.45) is -0.623. The summed E-state index contributed by atoms with van der Waals surface area (Å²) in [4.78, 5) is 25.4. The molecule has 0 aliphatic heterocycles. The molecule has 0 saturated carbocycles. The van der Waals surface area contributed by atoms with Gasteiger partial charge >= 0.3 is 22.6 Å². The number of esters is 1. The lowest BCUT2D eigenvalue weighted by Crippen LogP contribution is -2.46. The minimum Gasteiger partial charge on any atom is -0.467 e. The van der Waals surface area contributed by atoms with Crippen LogP contribution in [0.25, 0.3) is 0 Å². The van der Waals surface area contributed by atoms with E-state index in [-0.39, 0.29) is 12.2 Å². The molecule has 0 aliphatic rings. The van der Waals surface area contributed by atoms with Crippen molar-refractivity contribution in [3.8, 4) is 5.75 Å². The van der Waals surface area contributed by atoms with Crippen molar-refractivity contribution >= 4 is 22.6 Å². The lowest BCUT2D eigenvalue weighted by atomic mass is 10.0. The Kier molecular flexibility index (Phi) is 6.96. The molecule has 146 valence electrons. The number of nitrogens with zero attached hydrogens (tertiary/aromatic N) is 1. The zero-order valence-electron chi connectivity index (χ0n) is 15.2. The molecule has 1 atom stereocenters. The standard InChI is InChI=1S/C16H22FNO7S/c1-16(2,3)24-15(20)18(4)13(14(19)23-5)10-11-6-8-12(9-7-11)25-26(17,21)22/h6-9,13H,10H2,1-5H3. The monoisotopic (exact) mass is 391 g/mol. The molecule has 8 nitrogen and oxygen atoms in total. The first-order valence-corrected chi connectivity index (χ1v) is 8.90. The largest absolute Gasteiger partial charge is 0.488 e. The molecule has 10 heteroatoms. The molecule has 0 radical (unpaired) electrons. The SMILES string of the molecule is COC(=O)C(Cc1ccc(OS(=O)(=O)F)cc1)N(C)C(=O)OC(C)(C)C. The van der Waals surface area contributed by atoms with E-state index in [1.54, 1.807) is 20.8 Å². The van der Waals surface area contributed by atoms with Gasteiger partial charge in [-0.3, -0.25) is 4.90 Å². The Morgan fingerprint density at radius 1 is 1.19 bits per heavy atom. The highest BCUT2D eigenvalue weighted by Crippen LogP contribution is 2.18. The number of likely N-dealkylation sites (N-methyl/N-ethyl adjacent to an activating group) is 1. The summed E-state index contributed by atoms with van der Waals surface area (Å²) in [6.45, 7) is 5.09. The fraction of sp³-hybridized carbons (Fsp3) is 0.500. The minimum atomic E-state index is -5.12. The summed E-state index contributed by atoms with van der Waals surface area (Å²) in [5.74, 6) is -0.864. The van der Waals surface area contributed by atoms with Gasteiger partial charge in [-0.25, -0.2) is 9.59 Å². The highest BCUT2D eigenvalue weighted by Gasteiger charge is 2.31. The maximum atomic E-state index is 12.5. The van der Waals surface area contributed by atoms with Crippen molar-refractivity contribution in [3.63, 3.8) is 0 Å². The predicted octanol–water partition coefficient (Wildman–Crippen LogP) is 2.23. The zero-order valence-corrected chi connectivity index (χ0v) is 16.0. The van der Waals surface area contributed by atoms with Crippen LogP contribution in [-0.4, -0.2) is 51.2 Å². The number of benzene rings is 1. The highest BCUT2D eigenvalue weighted by atomic mass is 32.3. The number of carbonyl (C=O) groups is 2. The zero-order chi connectivity index (χ0) is 20.1. The molecule has 0 N–H and O–H groups in total. The van der Waals surface area contributed by atoms with Gasteiger partial charge < -0.3 is 13.7 Å². The van der Waals surface area contributed by atoms with Crippen LogP contribution in [0.4, 0.5) is 8.68 Å². The quantitative estimate of drug-likeness (QED) is 0.541. The van der Waals surface area contributed by atoms with Gasteiger partial charge in [0.1, 0.15) is 17.4 Å². The molecule has 1 amide bonds. The number of hydrogen-bond donors (Lipinski definition) is 0. The van der Waals surface area contributed by atoms with Crippen LogP contribution in [0.1, 0.15) is 26.3 Å². The fourth-order valence-electron chi connectivity index (χ4n) is 1.99. The van der Waals surface area contributed by atoms with Crippen LogP contribution in [0.2, 0.25) is 0 Å². The first kappa shape index (κ1) is 21.7. The number of amides is 1. The molecule has 1 aromatic carbocycles. The Morgan fingerprint density at radius 3 is 2.15 bits per heavy atom. The molecule has 0 saturated heterocycles. The lowest BCUT2D eigenvalue weighted by molar-refractivity contribution is -0.146. The van der Waals surface area contributed by atoms with Gasteiger partial charge in [0.05, 0.1) is 7.11 Å². The Morgan fingerprint density at radius 2 is 1.73 bits per heavy atom. The molecular formula is C16H22FNO7S. The predicted molar refractivity (Wildman–Crippen MR) is 90.6 cm³/mol. The second-order valence-corrected chi connectivity index (χ2v) is 7.41. The topological polar surface area (TPSA) is 99.2 Å². The highest BCUT2D eigenvalue weighted by molar-refractivity contribution is 7.81. The summed E-state index contributed by atoms with van der Waals surface area (Å²) in [6, 6.07) is 4.38. The van der Waals surface area contributed by atoms with Crippen molar-refractivity contribution in [1.29, 1.82) is 0 Å². The van der Waals surface area contributed by atoms with Crippen LogP contribution in [0.5, 0.6) is 5.75 Å². The van der Waals surface area contributed by atoms with Gasteiger partial charge in [-0.05, 0) is 38.5 Å². The van der Waals surface area contributed by atoms with E-state index in [1.165, 1.54) is 38.4 Å². The van der Waals surface area contributed by atoms with Gasteiger partial charge in [-0.2, -0.15) is 8.42 Å². The molecule has 0 aromatic heterocycles. The Balaban J connectivity index is 2.94. The molecule has 0 spiro atoms. The van der Waals surface area contributed by atoms with E-state index < -0.39 is 34.2 Å². The second-order valence-electron chi connectivity index (χ2n) is 6.45. The number of hydrogen-bond acceptors (Lipinski definition) is 7. The third-order valence-electron chi connectivity index (χ3n) is 3.17. The van der Waals surface area contributed by atoms with E-state index >= 15 is 0 Å². The van der Waals surface area contributed by atoms with Crippen LogP contribution in [0.3, 0.4) is 0 Å². The summed E-state index contributed by atoms with van der Waals surface area (Å²) >= 11 is 0. The maximum Gasteiger partial charge on any atom is 0.488 e. The Bertz CT molecular complexity index is 741. The Labute approximate surface area is 152 Å². The number of ether oxygens (including phenoxy) is 2. The average Bonchev–Trinajstić information content (AvgIpc) is 2.49. The number of halogens is 1. The van der Waals surface area contributed by atoms with Crippen LogP contribution < -0.4 is 4.18 Å². The van der Waals surface area contributed by atoms with E-state index in [9.17, 15) is 21.9 Å². The number of carbonyl (C=O) groups excluding carboxylic acids is 2. The van der Waals surface area contributed by atoms with Crippen molar-refractivity contribution in [2.75, 3.05) is 14.2 Å². The van der Waals surface area contributed by atoms with E-state index in [4.69, 9.17) is 9.47 Å². The van der Waals surface area contributed by atoms with Crippen molar-refractivity contribution < 1.29 is 35.5 Å². The van der Waals surface area contributed by atoms with Crippen molar-refractivity contribution in [3.05, 3.63) is 29.8 Å². The molecule has 0 fully saturated rings. The molecule has 1 unspecified atom stereocenters. The number of methoxy groups -OCH3 is 1. The Hall–Kier alpha value is -2.36. The van der Waals surface area contributed by atoms with E-state index in [1.807, 2.05) is 0 Å². The second kappa shape index (κ2) is 8.35. The third kappa shape index (κ3) is 7.26. The van der Waals surface area contributed by atoms with Crippen LogP contribution in [0, 0.1) is 0 Å². The van der Waals surface area contributed by atoms with Crippen LogP contribution in [-0.2, 0) is 31.2 Å². The van der Waals surface area contributed by atoms with E-state index in [0.29, 0.717) is 5.56 Å². The fourth-order valence-corrected chi connectivity index (χ4v) is 2.34. The molecule has 1 rings (SSSR count). The molecule has 0 heterocycles. The molecular weight excluding hydrogens is 369 g/mol. The van der Waals surface area contributed by atoms with Gasteiger partial charge in [-0.15, -0.1) is 0 Å². The minimum absolute atomic E-state index is 0.0745. The van der Waals surface area contributed by atoms with Crippen molar-refractivity contribution in [1.82, 2.24) is 4.90 Å². The van der Waals surface area contributed by atoms with Crippen molar-refractivity contribution in [2.24, 2.45) is 0 Å². The van der Waals surface area contributed by atoms with Gasteiger partial charge in [0.15, 0.2) is 0 Å². The first-order chi connectivity index (χ1) is 11.8. The lowest BCUT2D eigenvalue weighted by Gasteiger charge is -2.29. The summed E-state index contributed by atoms with van der Waals surface area (Å²) < 4.78 is 47.5. The maximum absolute atomic E-state index is 12.5. The van der Waals surface area contributed by atoms with E-state index in [0.717, 1.165) is 4.90 Å². The third-order valence-corrected chi connectivity index (χ3v) is 3.56. The van der Waals surface area contributed by atoms with Gasteiger partial charge in [0.25, 0.3) is 0 Å². The van der Waals surface area contributed by atoms with Gasteiger partial charge in [-0.1, -0.05) is 16.0 Å². The summed E-state index contributed by atoms with van der Waals surface area (Å²) in [7, 11) is -2.51. The first-order valence-electron chi connectivity index (χ1n) is 7.59. The molecule has 0 bridgehead atoms. The summed E-state index contributed by atoms with van der Waals surface area (Å²) in [5.41, 5.74) is -0.164. The van der Waals surface area contributed by atoms with Crippen molar-refractivity contribution in [2.45, 2.75) is 38.8 Å². The molecule has 1 aromatic rings. The van der Waals surface area contributed by atoms with Gasteiger partial charge in [0, 0.05) is 13.5 Å². The normalized spacial score (nSPS) is 12.8. The molecule has 0 aliphatic carbocycles. The summed E-state index contributed by atoms with van der Waals surface area (Å²) in [5, 5.41) is 0. The van der Waals surface area contributed by atoms with Crippen LogP contribution in [0.15, 0.2) is 24.3 Å². The average molecular weight is 391 g/mol. The number of rotatable bonds is 6. The van der Waals surface area contributed by atoms with Gasteiger partial charge in [0.2, 0.25) is 0 Å². The van der Waals surface area contributed by atoms with Crippen LogP contribution >= 0.6 is 0 Å². The smallest absolute Gasteiger partial charge is 0.467 e.